The van der Waals surface area contributed by atoms with Crippen LogP contribution < -0.4 is 4.90 Å². The number of nitrogens with zero attached hydrogens (tertiary/aromatic N) is 3. The Kier molecular flexibility index (Phi) is 5.40. The number of hydrogen-bond acceptors (Lipinski definition) is 4. The van der Waals surface area contributed by atoms with Crippen molar-refractivity contribution in [3.8, 4) is 12.1 Å². The smallest absolute Gasteiger partial charge is 0.328 e. The molecule has 0 bridgehead atoms. The number of carbonyl (C=O) groups is 1. The fraction of sp³-hybridized carbons (Fsp3) is 0.154. The van der Waals surface area contributed by atoms with Crippen molar-refractivity contribution < 1.29 is 9.90 Å². The van der Waals surface area contributed by atoms with Gasteiger partial charge in [-0.15, -0.1) is 0 Å². The van der Waals surface area contributed by atoms with Gasteiger partial charge < -0.3 is 10.0 Å². The zero-order valence-corrected chi connectivity index (χ0v) is 10.6. The second-order valence-electron chi connectivity index (χ2n) is 3.55. The van der Waals surface area contributed by atoms with Gasteiger partial charge >= 0.3 is 5.97 Å². The van der Waals surface area contributed by atoms with Crippen LogP contribution in [0.4, 0.5) is 5.69 Å². The van der Waals surface area contributed by atoms with Gasteiger partial charge in [-0.05, 0) is 29.8 Å². The molecule has 0 unspecified atom stereocenters. The summed E-state index contributed by atoms with van der Waals surface area (Å²) in [5.74, 6) is -1.09. The molecule has 1 aromatic carbocycles. The summed E-state index contributed by atoms with van der Waals surface area (Å²) in [6.07, 6.45) is 2.36. The van der Waals surface area contributed by atoms with Gasteiger partial charge in [0.05, 0.1) is 12.1 Å². The van der Waals surface area contributed by atoms with E-state index in [1.54, 1.807) is 18.2 Å². The lowest BCUT2D eigenvalue weighted by Crippen LogP contribution is -2.24. The highest BCUT2D eigenvalue weighted by Crippen LogP contribution is 2.25. The second kappa shape index (κ2) is 7.05. The molecule has 0 aliphatic heterocycles. The molecule has 19 heavy (non-hydrogen) atoms. The summed E-state index contributed by atoms with van der Waals surface area (Å²) in [6.45, 7) is 0.0617. The topological polar surface area (TPSA) is 88.1 Å². The summed E-state index contributed by atoms with van der Waals surface area (Å²) in [4.78, 5) is 12.1. The van der Waals surface area contributed by atoms with Crippen molar-refractivity contribution in [2.75, 3.05) is 18.0 Å². The van der Waals surface area contributed by atoms with Crippen molar-refractivity contribution in [3.05, 3.63) is 34.9 Å². The van der Waals surface area contributed by atoms with Crippen LogP contribution in [0.15, 0.2) is 24.3 Å². The van der Waals surface area contributed by atoms with Gasteiger partial charge in [-0.25, -0.2) is 4.79 Å². The maximum Gasteiger partial charge on any atom is 0.328 e. The monoisotopic (exact) mass is 275 g/mol. The van der Waals surface area contributed by atoms with Crippen LogP contribution in [-0.2, 0) is 4.79 Å². The first kappa shape index (κ1) is 14.6. The van der Waals surface area contributed by atoms with Gasteiger partial charge in [0.2, 0.25) is 0 Å². The van der Waals surface area contributed by atoms with Crippen molar-refractivity contribution >= 4 is 29.3 Å². The van der Waals surface area contributed by atoms with Crippen molar-refractivity contribution in [2.45, 2.75) is 0 Å². The summed E-state index contributed by atoms with van der Waals surface area (Å²) >= 11 is 5.86. The van der Waals surface area contributed by atoms with Gasteiger partial charge in [-0.1, -0.05) is 11.6 Å². The van der Waals surface area contributed by atoms with Crippen molar-refractivity contribution in [2.24, 2.45) is 0 Å². The Morgan fingerprint density at radius 1 is 1.37 bits per heavy atom. The van der Waals surface area contributed by atoms with E-state index in [0.29, 0.717) is 16.3 Å². The molecule has 6 heteroatoms. The maximum absolute atomic E-state index is 10.6. The van der Waals surface area contributed by atoms with Crippen LogP contribution in [0, 0.1) is 22.7 Å². The molecule has 0 spiro atoms. The van der Waals surface area contributed by atoms with Crippen LogP contribution in [0.3, 0.4) is 0 Å². The highest BCUT2D eigenvalue weighted by Gasteiger charge is 2.10. The number of anilines is 1. The van der Waals surface area contributed by atoms with E-state index >= 15 is 0 Å². The number of halogens is 1. The van der Waals surface area contributed by atoms with E-state index in [9.17, 15) is 4.79 Å². The van der Waals surface area contributed by atoms with Crippen LogP contribution in [0.25, 0.3) is 6.08 Å². The molecule has 5 nitrogen and oxygen atoms in total. The lowest BCUT2D eigenvalue weighted by molar-refractivity contribution is -0.131. The summed E-state index contributed by atoms with van der Waals surface area (Å²) < 4.78 is 0. The Labute approximate surface area is 115 Å². The van der Waals surface area contributed by atoms with Crippen molar-refractivity contribution in [1.29, 1.82) is 10.5 Å². The summed E-state index contributed by atoms with van der Waals surface area (Å²) in [7, 11) is 0. The third-order valence-electron chi connectivity index (χ3n) is 2.26. The molecule has 0 aliphatic carbocycles. The van der Waals surface area contributed by atoms with Crippen LogP contribution in [0.1, 0.15) is 5.56 Å². The largest absolute Gasteiger partial charge is 0.478 e. The Bertz CT molecular complexity index is 569. The van der Waals surface area contributed by atoms with Crippen LogP contribution in [0.2, 0.25) is 5.02 Å². The Hall–Kier alpha value is -2.50. The van der Waals surface area contributed by atoms with Crippen LogP contribution in [0.5, 0.6) is 0 Å². The van der Waals surface area contributed by atoms with Crippen LogP contribution in [-0.4, -0.2) is 24.2 Å². The van der Waals surface area contributed by atoms with Gasteiger partial charge in [-0.3, -0.25) is 0 Å². The standard InChI is InChI=1S/C13H10ClN3O2/c14-11-2-3-12(17(7-5-15)8-6-16)10(9-11)1-4-13(18)19/h1-4,9H,7-8H2,(H,18,19)/b4-1+. The van der Waals surface area contributed by atoms with Gasteiger partial charge in [0, 0.05) is 16.8 Å². The molecule has 1 N–H and O–H groups in total. The van der Waals surface area contributed by atoms with E-state index in [0.717, 1.165) is 6.08 Å². The van der Waals surface area contributed by atoms with E-state index in [2.05, 4.69) is 0 Å². The molecule has 0 amide bonds. The molecule has 0 atom stereocenters. The SMILES string of the molecule is N#CCN(CC#N)c1ccc(Cl)cc1/C=C/C(=O)O. The van der Waals surface area contributed by atoms with E-state index in [1.807, 2.05) is 12.1 Å². The van der Waals surface area contributed by atoms with Crippen molar-refractivity contribution in [1.82, 2.24) is 0 Å². The predicted octanol–water partition coefficient (Wildman–Crippen LogP) is 2.29. The van der Waals surface area contributed by atoms with Crippen LogP contribution >= 0.6 is 11.6 Å². The zero-order chi connectivity index (χ0) is 14.3. The molecule has 0 aliphatic rings. The molecule has 0 saturated heterocycles. The minimum atomic E-state index is -1.09. The van der Waals surface area contributed by atoms with Gasteiger partial charge in [-0.2, -0.15) is 10.5 Å². The molecule has 96 valence electrons. The number of carboxylic acid groups (broad SMARTS) is 1. The fourth-order valence-electron chi connectivity index (χ4n) is 1.50. The normalized spacial score (nSPS) is 9.84. The lowest BCUT2D eigenvalue weighted by atomic mass is 10.1. The fourth-order valence-corrected chi connectivity index (χ4v) is 1.69. The van der Waals surface area contributed by atoms with E-state index < -0.39 is 5.97 Å². The number of carboxylic acids is 1. The van der Waals surface area contributed by atoms with Crippen molar-refractivity contribution in [3.63, 3.8) is 0 Å². The minimum absolute atomic E-state index is 0.0309. The molecular weight excluding hydrogens is 266 g/mol. The summed E-state index contributed by atoms with van der Waals surface area (Å²) in [6, 6.07) is 8.77. The number of aliphatic carboxylic acids is 1. The number of hydrogen-bond donors (Lipinski definition) is 1. The average Bonchev–Trinajstić information content (AvgIpc) is 2.36. The van der Waals surface area contributed by atoms with E-state index in [-0.39, 0.29) is 13.1 Å². The summed E-state index contributed by atoms with van der Waals surface area (Å²) in [5, 5.41) is 26.6. The third-order valence-corrected chi connectivity index (χ3v) is 2.49. The van der Waals surface area contributed by atoms with Gasteiger partial charge in [0.1, 0.15) is 13.1 Å². The Morgan fingerprint density at radius 2 is 2.00 bits per heavy atom. The molecule has 0 radical (unpaired) electrons. The van der Waals surface area contributed by atoms with E-state index in [4.69, 9.17) is 27.2 Å². The maximum atomic E-state index is 10.6. The Balaban J connectivity index is 3.21. The molecule has 1 aromatic rings. The molecular formula is C13H10ClN3O2. The third kappa shape index (κ3) is 4.34. The molecule has 0 heterocycles. The lowest BCUT2D eigenvalue weighted by Gasteiger charge is -2.20. The summed E-state index contributed by atoms with van der Waals surface area (Å²) in [5.41, 5.74) is 1.13. The highest BCUT2D eigenvalue weighted by atomic mass is 35.5. The first-order valence-corrected chi connectivity index (χ1v) is 5.65. The number of benzene rings is 1. The van der Waals surface area contributed by atoms with E-state index in [1.165, 1.54) is 11.0 Å². The Morgan fingerprint density at radius 3 is 2.53 bits per heavy atom. The van der Waals surface area contributed by atoms with Gasteiger partial charge in [0.15, 0.2) is 0 Å². The second-order valence-corrected chi connectivity index (χ2v) is 3.98. The first-order valence-electron chi connectivity index (χ1n) is 5.28. The molecule has 0 saturated carbocycles. The average molecular weight is 276 g/mol. The molecule has 1 rings (SSSR count). The highest BCUT2D eigenvalue weighted by molar-refractivity contribution is 6.30. The predicted molar refractivity (Wildman–Crippen MR) is 71.6 cm³/mol. The first-order chi connectivity index (χ1) is 9.08. The molecule has 0 fully saturated rings. The zero-order valence-electron chi connectivity index (χ0n) is 9.88. The quantitative estimate of drug-likeness (QED) is 0.658. The molecule has 0 aromatic heterocycles. The number of rotatable bonds is 5. The van der Waals surface area contributed by atoms with Gasteiger partial charge in [0.25, 0.3) is 0 Å². The number of nitriles is 2. The minimum Gasteiger partial charge on any atom is -0.478 e.